The molecule has 0 saturated heterocycles. The second kappa shape index (κ2) is 4.61. The number of hydrazine groups is 1. The van der Waals surface area contributed by atoms with Crippen LogP contribution in [-0.4, -0.2) is 17.1 Å². The van der Waals surface area contributed by atoms with E-state index in [0.29, 0.717) is 5.92 Å². The average Bonchev–Trinajstić information content (AvgIpc) is 3.28. The lowest BCUT2D eigenvalue weighted by molar-refractivity contribution is 0.0914. The smallest absolute Gasteiger partial charge is 0.424 e. The van der Waals surface area contributed by atoms with Crippen LogP contribution in [0.2, 0.25) is 0 Å². The molecule has 1 amide bonds. The van der Waals surface area contributed by atoms with E-state index in [1.54, 1.807) is 0 Å². The summed E-state index contributed by atoms with van der Waals surface area (Å²) in [7, 11) is 0. The Morgan fingerprint density at radius 1 is 1.33 bits per heavy atom. The number of carbonyl (C=O) groups excluding carboxylic acids is 1. The van der Waals surface area contributed by atoms with Crippen LogP contribution in [0, 0.1) is 11.8 Å². The maximum Gasteiger partial charge on any atom is 0.424 e. The molecule has 1 aromatic rings. The molecule has 2 aliphatic rings. The molecule has 2 saturated carbocycles. The van der Waals surface area contributed by atoms with E-state index in [0.717, 1.165) is 17.9 Å². The Morgan fingerprint density at radius 2 is 2.06 bits per heavy atom. The number of benzene rings is 1. The molecule has 0 aliphatic heterocycles. The van der Waals surface area contributed by atoms with Gasteiger partial charge in [0.15, 0.2) is 0 Å². The molecule has 96 valence electrons. The summed E-state index contributed by atoms with van der Waals surface area (Å²) in [6, 6.07) is 9.85. The minimum atomic E-state index is -0.410. The van der Waals surface area contributed by atoms with E-state index in [9.17, 15) is 4.79 Å². The summed E-state index contributed by atoms with van der Waals surface area (Å²) in [4.78, 5) is 11.8. The van der Waals surface area contributed by atoms with Gasteiger partial charge >= 0.3 is 6.09 Å². The number of ether oxygens (including phenoxy) is 1. The third kappa shape index (κ3) is 2.48. The van der Waals surface area contributed by atoms with E-state index >= 15 is 0 Å². The lowest BCUT2D eigenvalue weighted by atomic mass is 10.2. The second-order valence-corrected chi connectivity index (χ2v) is 5.25. The third-order valence-corrected chi connectivity index (χ3v) is 3.81. The predicted molar refractivity (Wildman–Crippen MR) is 67.3 cm³/mol. The normalized spacial score (nSPS) is 25.6. The molecule has 2 aliphatic carbocycles. The van der Waals surface area contributed by atoms with Crippen molar-refractivity contribution in [1.82, 2.24) is 5.01 Å². The van der Waals surface area contributed by atoms with Crippen molar-refractivity contribution >= 4 is 6.09 Å². The van der Waals surface area contributed by atoms with Crippen molar-refractivity contribution in [1.29, 1.82) is 0 Å². The molecule has 3 rings (SSSR count). The van der Waals surface area contributed by atoms with E-state index in [-0.39, 0.29) is 12.6 Å². The molecule has 2 fully saturated rings. The highest BCUT2D eigenvalue weighted by Crippen LogP contribution is 2.51. The highest BCUT2D eigenvalue weighted by molar-refractivity contribution is 5.67. The molecule has 0 radical (unpaired) electrons. The minimum Gasteiger partial charge on any atom is -0.444 e. The summed E-state index contributed by atoms with van der Waals surface area (Å²) >= 11 is 0. The molecular formula is C14H18N2O2. The summed E-state index contributed by atoms with van der Waals surface area (Å²) in [5.41, 5.74) is 0.980. The zero-order chi connectivity index (χ0) is 12.5. The van der Waals surface area contributed by atoms with Gasteiger partial charge < -0.3 is 4.74 Å². The Hall–Kier alpha value is -1.55. The topological polar surface area (TPSA) is 55.6 Å². The van der Waals surface area contributed by atoms with E-state index in [1.165, 1.54) is 17.9 Å². The quantitative estimate of drug-likeness (QED) is 0.504. The summed E-state index contributed by atoms with van der Waals surface area (Å²) in [5, 5.41) is 1.28. The summed E-state index contributed by atoms with van der Waals surface area (Å²) in [6.07, 6.45) is 3.23. The van der Waals surface area contributed by atoms with Crippen LogP contribution in [0.1, 0.15) is 24.8 Å². The monoisotopic (exact) mass is 246 g/mol. The first kappa shape index (κ1) is 11.5. The zero-order valence-corrected chi connectivity index (χ0v) is 10.3. The number of nitrogens with zero attached hydrogens (tertiary/aromatic N) is 1. The van der Waals surface area contributed by atoms with Crippen molar-refractivity contribution in [2.75, 3.05) is 0 Å². The minimum absolute atomic E-state index is 0.209. The van der Waals surface area contributed by atoms with Crippen LogP contribution < -0.4 is 5.84 Å². The standard InChI is InChI=1S/C14H18N2O2/c15-16(13-8-12(13)11-6-7-11)14(17)18-9-10-4-2-1-3-5-10/h1-5,11-13H,6-9,15H2. The van der Waals surface area contributed by atoms with Crippen LogP contribution in [0.25, 0.3) is 0 Å². The fourth-order valence-corrected chi connectivity index (χ4v) is 2.48. The first-order chi connectivity index (χ1) is 8.75. The molecule has 4 heteroatoms. The highest BCUT2D eigenvalue weighted by Gasteiger charge is 2.51. The van der Waals surface area contributed by atoms with Gasteiger partial charge in [-0.3, -0.25) is 0 Å². The molecule has 4 nitrogen and oxygen atoms in total. The van der Waals surface area contributed by atoms with Gasteiger partial charge in [-0.15, -0.1) is 0 Å². The van der Waals surface area contributed by atoms with Gasteiger partial charge in [-0.1, -0.05) is 30.3 Å². The summed E-state index contributed by atoms with van der Waals surface area (Å²) in [6.45, 7) is 0.286. The van der Waals surface area contributed by atoms with Crippen molar-refractivity contribution in [3.05, 3.63) is 35.9 Å². The maximum absolute atomic E-state index is 11.8. The van der Waals surface area contributed by atoms with Gasteiger partial charge in [0.2, 0.25) is 0 Å². The molecule has 0 bridgehead atoms. The maximum atomic E-state index is 11.8. The summed E-state index contributed by atoms with van der Waals surface area (Å²) < 4.78 is 5.20. The third-order valence-electron chi connectivity index (χ3n) is 3.81. The number of carbonyl (C=O) groups is 1. The van der Waals surface area contributed by atoms with Crippen molar-refractivity contribution < 1.29 is 9.53 Å². The fourth-order valence-electron chi connectivity index (χ4n) is 2.48. The van der Waals surface area contributed by atoms with Gasteiger partial charge in [-0.05, 0) is 36.7 Å². The molecule has 1 aromatic carbocycles. The van der Waals surface area contributed by atoms with Gasteiger partial charge in [0.25, 0.3) is 0 Å². The second-order valence-electron chi connectivity index (χ2n) is 5.25. The van der Waals surface area contributed by atoms with Crippen molar-refractivity contribution in [2.45, 2.75) is 31.9 Å². The molecule has 0 aromatic heterocycles. The van der Waals surface area contributed by atoms with E-state index in [1.807, 2.05) is 30.3 Å². The van der Waals surface area contributed by atoms with Gasteiger partial charge in [0.05, 0.1) is 6.04 Å². The number of nitrogens with two attached hydrogens (primary N) is 1. The first-order valence-electron chi connectivity index (χ1n) is 6.50. The Kier molecular flexibility index (Phi) is 2.96. The Labute approximate surface area is 107 Å². The van der Waals surface area contributed by atoms with Crippen molar-refractivity contribution in [3.8, 4) is 0 Å². The number of rotatable bonds is 4. The lowest BCUT2D eigenvalue weighted by Gasteiger charge is -2.16. The van der Waals surface area contributed by atoms with Gasteiger partial charge in [0.1, 0.15) is 6.61 Å². The van der Waals surface area contributed by atoms with Crippen LogP contribution in [0.3, 0.4) is 0 Å². The Bertz CT molecular complexity index is 431. The van der Waals surface area contributed by atoms with Gasteiger partial charge in [-0.2, -0.15) is 0 Å². The van der Waals surface area contributed by atoms with E-state index < -0.39 is 6.09 Å². The largest absolute Gasteiger partial charge is 0.444 e. The number of amides is 1. The molecule has 0 spiro atoms. The number of hydrogen-bond donors (Lipinski definition) is 1. The van der Waals surface area contributed by atoms with Crippen LogP contribution in [0.4, 0.5) is 4.79 Å². The molecule has 0 heterocycles. The molecule has 2 N–H and O–H groups in total. The highest BCUT2D eigenvalue weighted by atomic mass is 16.6. The van der Waals surface area contributed by atoms with E-state index in [2.05, 4.69) is 0 Å². The zero-order valence-electron chi connectivity index (χ0n) is 10.3. The average molecular weight is 246 g/mol. The van der Waals surface area contributed by atoms with Gasteiger partial charge in [0, 0.05) is 0 Å². The van der Waals surface area contributed by atoms with E-state index in [4.69, 9.17) is 10.6 Å². The first-order valence-corrected chi connectivity index (χ1v) is 6.50. The molecule has 18 heavy (non-hydrogen) atoms. The summed E-state index contributed by atoms with van der Waals surface area (Å²) in [5.74, 6) is 7.23. The lowest BCUT2D eigenvalue weighted by Crippen LogP contribution is -2.40. The van der Waals surface area contributed by atoms with Crippen molar-refractivity contribution in [2.24, 2.45) is 17.7 Å². The number of hydrogen-bond acceptors (Lipinski definition) is 3. The molecule has 2 unspecified atom stereocenters. The Morgan fingerprint density at radius 3 is 2.72 bits per heavy atom. The van der Waals surface area contributed by atoms with Crippen LogP contribution in [-0.2, 0) is 11.3 Å². The molecular weight excluding hydrogens is 228 g/mol. The SMILES string of the molecule is NN(C(=O)OCc1ccccc1)C1CC1C1CC1. The van der Waals surface area contributed by atoms with Gasteiger partial charge in [-0.25, -0.2) is 15.6 Å². The Balaban J connectivity index is 1.46. The fraction of sp³-hybridized carbons (Fsp3) is 0.500. The molecule has 2 atom stereocenters. The van der Waals surface area contributed by atoms with Crippen molar-refractivity contribution in [3.63, 3.8) is 0 Å². The predicted octanol–water partition coefficient (Wildman–Crippen LogP) is 2.30. The van der Waals surface area contributed by atoms with Crippen LogP contribution in [0.15, 0.2) is 30.3 Å². The van der Waals surface area contributed by atoms with Crippen LogP contribution in [0.5, 0.6) is 0 Å². The van der Waals surface area contributed by atoms with Crippen LogP contribution >= 0.6 is 0 Å².